The number of ether oxygens (including phenoxy) is 1. The molecule has 1 fully saturated rings. The van der Waals surface area contributed by atoms with Crippen LogP contribution in [0.3, 0.4) is 0 Å². The van der Waals surface area contributed by atoms with E-state index in [-0.39, 0.29) is 18.4 Å². The molecule has 0 unspecified atom stereocenters. The fraction of sp³-hybridized carbons (Fsp3) is 0.800. The SMILES string of the molecule is [B]N1CCC(N(CCC(=O)OC)C(N)=O)CC1. The van der Waals surface area contributed by atoms with E-state index in [1.54, 1.807) is 4.81 Å². The van der Waals surface area contributed by atoms with Gasteiger partial charge in [0.2, 0.25) is 0 Å². The first-order valence-corrected chi connectivity index (χ1v) is 5.67. The predicted molar refractivity (Wildman–Crippen MR) is 63.3 cm³/mol. The zero-order valence-corrected chi connectivity index (χ0v) is 10.1. The molecule has 0 aromatic carbocycles. The van der Waals surface area contributed by atoms with Gasteiger partial charge in [0, 0.05) is 12.6 Å². The lowest BCUT2D eigenvalue weighted by molar-refractivity contribution is -0.140. The number of esters is 1. The monoisotopic (exact) mass is 239 g/mol. The molecule has 17 heavy (non-hydrogen) atoms. The van der Waals surface area contributed by atoms with Gasteiger partial charge in [-0.15, -0.1) is 0 Å². The molecule has 0 bridgehead atoms. The molecule has 0 aromatic rings. The van der Waals surface area contributed by atoms with Crippen molar-refractivity contribution in [3.05, 3.63) is 0 Å². The fourth-order valence-corrected chi connectivity index (χ4v) is 1.98. The summed E-state index contributed by atoms with van der Waals surface area (Å²) in [4.78, 5) is 25.6. The Kier molecular flexibility index (Phi) is 5.28. The molecular formula is C10H18BN3O3. The molecule has 1 saturated heterocycles. The lowest BCUT2D eigenvalue weighted by Crippen LogP contribution is -2.49. The predicted octanol–water partition coefficient (Wildman–Crippen LogP) is -0.522. The minimum Gasteiger partial charge on any atom is -0.469 e. The smallest absolute Gasteiger partial charge is 0.315 e. The summed E-state index contributed by atoms with van der Waals surface area (Å²) in [5, 5.41) is 0. The number of carbonyl (C=O) groups excluding carboxylic acids is 2. The van der Waals surface area contributed by atoms with Crippen LogP contribution in [-0.2, 0) is 9.53 Å². The molecule has 1 aliphatic rings. The van der Waals surface area contributed by atoms with Gasteiger partial charge in [-0.1, -0.05) is 0 Å². The molecule has 2 radical (unpaired) electrons. The third-order valence-electron chi connectivity index (χ3n) is 3.01. The van der Waals surface area contributed by atoms with Crippen molar-refractivity contribution in [2.45, 2.75) is 25.3 Å². The van der Waals surface area contributed by atoms with E-state index in [1.165, 1.54) is 12.0 Å². The molecule has 6 nitrogen and oxygen atoms in total. The second kappa shape index (κ2) is 6.49. The number of hydrogen-bond donors (Lipinski definition) is 1. The molecule has 0 aromatic heterocycles. The highest BCUT2D eigenvalue weighted by molar-refractivity contribution is 6.04. The maximum Gasteiger partial charge on any atom is 0.315 e. The summed E-state index contributed by atoms with van der Waals surface area (Å²) in [6.07, 6.45) is 1.73. The summed E-state index contributed by atoms with van der Waals surface area (Å²) in [5.41, 5.74) is 5.32. The van der Waals surface area contributed by atoms with Crippen molar-refractivity contribution < 1.29 is 14.3 Å². The van der Waals surface area contributed by atoms with Gasteiger partial charge in [0.15, 0.2) is 7.98 Å². The molecule has 0 saturated carbocycles. The molecule has 0 spiro atoms. The van der Waals surface area contributed by atoms with E-state index in [4.69, 9.17) is 13.7 Å². The summed E-state index contributed by atoms with van der Waals surface area (Å²) < 4.78 is 4.54. The first kappa shape index (κ1) is 13.8. The van der Waals surface area contributed by atoms with E-state index in [0.29, 0.717) is 6.54 Å². The Morgan fingerprint density at radius 2 is 2.06 bits per heavy atom. The molecule has 0 aliphatic carbocycles. The Hall–Kier alpha value is -1.24. The van der Waals surface area contributed by atoms with Gasteiger partial charge >= 0.3 is 12.0 Å². The van der Waals surface area contributed by atoms with Gasteiger partial charge in [-0.3, -0.25) is 4.79 Å². The van der Waals surface area contributed by atoms with Gasteiger partial charge < -0.3 is 20.2 Å². The Morgan fingerprint density at radius 1 is 1.47 bits per heavy atom. The number of nitrogens with two attached hydrogens (primary N) is 1. The van der Waals surface area contributed by atoms with Crippen LogP contribution >= 0.6 is 0 Å². The quantitative estimate of drug-likeness (QED) is 0.529. The maximum atomic E-state index is 11.3. The van der Waals surface area contributed by atoms with Crippen LogP contribution in [0.25, 0.3) is 0 Å². The molecule has 1 heterocycles. The van der Waals surface area contributed by atoms with Gasteiger partial charge in [0.1, 0.15) is 0 Å². The van der Waals surface area contributed by atoms with Crippen molar-refractivity contribution in [2.75, 3.05) is 26.7 Å². The first-order chi connectivity index (χ1) is 8.04. The third-order valence-corrected chi connectivity index (χ3v) is 3.01. The second-order valence-corrected chi connectivity index (χ2v) is 4.12. The van der Waals surface area contributed by atoms with E-state index in [0.717, 1.165) is 25.9 Å². The number of rotatable bonds is 4. The standard InChI is InChI=1S/C10H18BN3O3/c1-17-9(15)4-7-14(10(12)16)8-2-5-13(11)6-3-8/h8H,2-7H2,1H3,(H2,12,16). The number of amides is 2. The lowest BCUT2D eigenvalue weighted by Gasteiger charge is -2.36. The van der Waals surface area contributed by atoms with Gasteiger partial charge in [-0.2, -0.15) is 0 Å². The number of hydrogen-bond acceptors (Lipinski definition) is 4. The van der Waals surface area contributed by atoms with Crippen LogP contribution in [0.2, 0.25) is 0 Å². The molecule has 0 atom stereocenters. The third kappa shape index (κ3) is 4.26. The average Bonchev–Trinajstić information content (AvgIpc) is 2.31. The molecule has 7 heteroatoms. The Balaban J connectivity index is 2.48. The van der Waals surface area contributed by atoms with Gasteiger partial charge in [0.05, 0.1) is 13.5 Å². The minimum atomic E-state index is -0.496. The molecule has 2 N–H and O–H groups in total. The normalized spacial score (nSPS) is 17.7. The van der Waals surface area contributed by atoms with Crippen LogP contribution in [-0.4, -0.2) is 62.5 Å². The zero-order chi connectivity index (χ0) is 12.8. The molecular weight excluding hydrogens is 221 g/mol. The lowest BCUT2D eigenvalue weighted by atomic mass is 10.0. The second-order valence-electron chi connectivity index (χ2n) is 4.12. The van der Waals surface area contributed by atoms with E-state index < -0.39 is 6.03 Å². The van der Waals surface area contributed by atoms with Gasteiger partial charge in [0.25, 0.3) is 0 Å². The van der Waals surface area contributed by atoms with Crippen LogP contribution in [0.4, 0.5) is 4.79 Å². The van der Waals surface area contributed by atoms with Gasteiger partial charge in [-0.05, 0) is 25.9 Å². The van der Waals surface area contributed by atoms with Crippen molar-refractivity contribution in [1.29, 1.82) is 0 Å². The van der Waals surface area contributed by atoms with Crippen LogP contribution in [0, 0.1) is 0 Å². The number of piperidine rings is 1. The first-order valence-electron chi connectivity index (χ1n) is 5.67. The molecule has 94 valence electrons. The zero-order valence-electron chi connectivity index (χ0n) is 10.1. The van der Waals surface area contributed by atoms with E-state index in [9.17, 15) is 9.59 Å². The van der Waals surface area contributed by atoms with Crippen LogP contribution in [0.5, 0.6) is 0 Å². The van der Waals surface area contributed by atoms with Crippen LogP contribution < -0.4 is 5.73 Å². The maximum absolute atomic E-state index is 11.3. The van der Waals surface area contributed by atoms with Crippen molar-refractivity contribution in [2.24, 2.45) is 5.73 Å². The minimum absolute atomic E-state index is 0.0666. The molecule has 2 amide bonds. The van der Waals surface area contributed by atoms with Crippen molar-refractivity contribution in [1.82, 2.24) is 9.71 Å². The van der Waals surface area contributed by atoms with Crippen LogP contribution in [0.15, 0.2) is 0 Å². The van der Waals surface area contributed by atoms with Crippen molar-refractivity contribution in [3.8, 4) is 0 Å². The number of nitrogens with zero attached hydrogens (tertiary/aromatic N) is 2. The molecule has 1 rings (SSSR count). The van der Waals surface area contributed by atoms with E-state index in [2.05, 4.69) is 4.74 Å². The Bertz CT molecular complexity index is 280. The largest absolute Gasteiger partial charge is 0.469 e. The number of primary amides is 1. The Labute approximate surface area is 102 Å². The Morgan fingerprint density at radius 3 is 2.53 bits per heavy atom. The van der Waals surface area contributed by atoms with E-state index in [1.807, 2.05) is 0 Å². The number of carbonyl (C=O) groups is 2. The van der Waals surface area contributed by atoms with E-state index >= 15 is 0 Å². The summed E-state index contributed by atoms with van der Waals surface area (Å²) in [7, 11) is 6.96. The number of methoxy groups -OCH3 is 1. The average molecular weight is 239 g/mol. The summed E-state index contributed by atoms with van der Waals surface area (Å²) in [6, 6.07) is -0.429. The fourth-order valence-electron chi connectivity index (χ4n) is 1.98. The number of urea groups is 1. The highest BCUT2D eigenvalue weighted by Gasteiger charge is 2.25. The van der Waals surface area contributed by atoms with Crippen molar-refractivity contribution >= 4 is 20.0 Å². The summed E-state index contributed by atoms with van der Waals surface area (Å²) in [6.45, 7) is 1.76. The molecule has 1 aliphatic heterocycles. The van der Waals surface area contributed by atoms with Crippen molar-refractivity contribution in [3.63, 3.8) is 0 Å². The summed E-state index contributed by atoms with van der Waals surface area (Å²) in [5.74, 6) is -0.340. The van der Waals surface area contributed by atoms with Gasteiger partial charge in [-0.25, -0.2) is 4.79 Å². The topological polar surface area (TPSA) is 75.9 Å². The highest BCUT2D eigenvalue weighted by Crippen LogP contribution is 2.15. The highest BCUT2D eigenvalue weighted by atomic mass is 16.5. The van der Waals surface area contributed by atoms with Crippen LogP contribution in [0.1, 0.15) is 19.3 Å². The summed E-state index contributed by atoms with van der Waals surface area (Å²) >= 11 is 0.